The van der Waals surface area contributed by atoms with Gasteiger partial charge in [-0.25, -0.2) is 4.79 Å². The fraction of sp³-hybridized carbons (Fsp3) is 0.523. The zero-order valence-electron chi connectivity index (χ0n) is 74.1. The molecule has 0 aromatic heterocycles. The van der Waals surface area contributed by atoms with Gasteiger partial charge in [0.2, 0.25) is 70.7 Å². The van der Waals surface area contributed by atoms with Crippen molar-refractivity contribution in [1.29, 1.82) is 0 Å². The molecule has 7 aliphatic rings. The number of aliphatic carboxylic acids is 1. The average molecular weight is 1980 g/mol. The average Bonchev–Trinajstić information content (AvgIpc) is 0.752. The summed E-state index contributed by atoms with van der Waals surface area (Å²) in [5.74, 6) is -21.2. The van der Waals surface area contributed by atoms with Gasteiger partial charge < -0.3 is 168 Å². The number of nitrogens with one attached hydrogen (secondary N) is 10. The fourth-order valence-corrected chi connectivity index (χ4v) is 18.9. The van der Waals surface area contributed by atoms with Gasteiger partial charge in [0.1, 0.15) is 102 Å². The molecule has 135 heavy (non-hydrogen) atoms. The lowest BCUT2D eigenvalue weighted by molar-refractivity contribution is -0.334. The Morgan fingerprint density at radius 3 is 1.88 bits per heavy atom. The summed E-state index contributed by atoms with van der Waals surface area (Å²) in [6.45, 7) is 8.14. The van der Waals surface area contributed by atoms with Crippen LogP contribution in [0.4, 0.5) is 0 Å². The summed E-state index contributed by atoms with van der Waals surface area (Å²) in [7, 11) is -10.4. The minimum Gasteiger partial charge on any atom is -0.507 e. The van der Waals surface area contributed by atoms with Crippen molar-refractivity contribution in [2.24, 2.45) is 11.7 Å². The van der Waals surface area contributed by atoms with E-state index in [9.17, 15) is 104 Å². The molecule has 9 amide bonds. The Bertz CT molecular complexity index is 5270. The van der Waals surface area contributed by atoms with E-state index in [1.54, 1.807) is 27.7 Å². The number of aliphatic hydroxyl groups excluding tert-OH is 6. The Morgan fingerprint density at radius 2 is 1.29 bits per heavy atom. The van der Waals surface area contributed by atoms with Crippen molar-refractivity contribution < 1.29 is 161 Å². The summed E-state index contributed by atoms with van der Waals surface area (Å²) in [6, 6.07) is -4.31. The predicted molar refractivity (Wildman–Crippen MR) is 475 cm³/mol. The highest BCUT2D eigenvalue weighted by molar-refractivity contribution is 7.70. The van der Waals surface area contributed by atoms with E-state index in [4.69, 9.17) is 57.4 Å². The summed E-state index contributed by atoms with van der Waals surface area (Å²) < 4.78 is 63.5. The molecule has 5 aromatic carbocycles. The van der Waals surface area contributed by atoms with Crippen molar-refractivity contribution in [2.75, 3.05) is 39.8 Å². The quantitative estimate of drug-likeness (QED) is 0.0154. The number of phenols is 3. The van der Waals surface area contributed by atoms with Gasteiger partial charge in [-0.1, -0.05) is 107 Å². The van der Waals surface area contributed by atoms with Crippen molar-refractivity contribution >= 4 is 104 Å². The van der Waals surface area contributed by atoms with E-state index in [2.05, 4.69) is 54.8 Å². The van der Waals surface area contributed by atoms with Gasteiger partial charge in [-0.15, -0.1) is 0 Å². The van der Waals surface area contributed by atoms with E-state index in [0.29, 0.717) is 19.4 Å². The molecule has 0 radical (unpaired) electrons. The van der Waals surface area contributed by atoms with Crippen LogP contribution in [0.2, 0.25) is 10.0 Å². The van der Waals surface area contributed by atoms with Gasteiger partial charge in [-0.3, -0.25) is 52.3 Å². The maximum absolute atomic E-state index is 16.5. The number of rotatable bonds is 36. The van der Waals surface area contributed by atoms with Crippen molar-refractivity contribution in [1.82, 2.24) is 58.1 Å². The molecule has 0 saturated carbocycles. The third-order valence-electron chi connectivity index (χ3n) is 23.6. The number of hydrogen-bond acceptors (Lipinski definition) is 31. The molecule has 49 heteroatoms. The second kappa shape index (κ2) is 46.7. The topological polar surface area (TPSA) is 710 Å². The predicted octanol–water partition coefficient (Wildman–Crippen LogP) is 1.53. The minimum atomic E-state index is -5.73. The van der Waals surface area contributed by atoms with Crippen LogP contribution < -0.4 is 73.1 Å². The second-order valence-electron chi connectivity index (χ2n) is 34.1. The highest BCUT2D eigenvalue weighted by Crippen LogP contribution is 2.59. The molecule has 2 fully saturated rings. The van der Waals surface area contributed by atoms with Crippen LogP contribution in [0.3, 0.4) is 0 Å². The number of carbonyl (C=O) groups is 11. The molecule has 740 valence electrons. The molecule has 0 aliphatic carbocycles. The summed E-state index contributed by atoms with van der Waals surface area (Å²) >= 11 is 14.4. The number of carboxylic acid groups (broad SMARTS) is 1. The summed E-state index contributed by atoms with van der Waals surface area (Å²) in [6.07, 6.45) is -12.7. The zero-order valence-corrected chi connectivity index (χ0v) is 77.4. The van der Waals surface area contributed by atoms with Gasteiger partial charge in [0.05, 0.1) is 47.4 Å². The number of ether oxygens (including phenoxy) is 6. The Kier molecular flexibility index (Phi) is 36.9. The summed E-state index contributed by atoms with van der Waals surface area (Å²) in [5.41, 5.74) is -2.56. The van der Waals surface area contributed by atoms with Crippen molar-refractivity contribution in [3.63, 3.8) is 0 Å². The van der Waals surface area contributed by atoms with Gasteiger partial charge in [0.25, 0.3) is 0 Å². The number of phenolic OH excluding ortho intramolecular Hbond substituents is 3. The molecule has 45 nitrogen and oxygen atoms in total. The highest BCUT2D eigenvalue weighted by atomic mass is 35.5. The highest BCUT2D eigenvalue weighted by Gasteiger charge is 2.53. The number of nitrogens with zero attached hydrogens (tertiary/aromatic N) is 1. The minimum absolute atomic E-state index is 0.178. The van der Waals surface area contributed by atoms with E-state index in [-0.39, 0.29) is 30.5 Å². The van der Waals surface area contributed by atoms with Crippen LogP contribution in [0.25, 0.3) is 11.1 Å². The molecule has 7 aliphatic heterocycles. The van der Waals surface area contributed by atoms with Crippen LogP contribution >= 0.6 is 38.4 Å². The number of fused-ring (bicyclic) bond motifs is 15. The molecule has 18 unspecified atom stereocenters. The first-order valence-electron chi connectivity index (χ1n) is 43.5. The molecule has 18 atom stereocenters. The number of carbonyl (C=O) groups excluding carboxylic acids is 10. The molecular formula is C86H114Cl2N12O33P2. The van der Waals surface area contributed by atoms with Crippen LogP contribution in [0.15, 0.2) is 72.8 Å². The van der Waals surface area contributed by atoms with E-state index >= 15 is 28.8 Å². The van der Waals surface area contributed by atoms with Gasteiger partial charge in [-0.05, 0) is 116 Å². The number of halogens is 2. The van der Waals surface area contributed by atoms with E-state index in [1.165, 1.54) is 24.6 Å². The summed E-state index contributed by atoms with van der Waals surface area (Å²) in [5, 5.41) is 143. The number of carboxylic acids is 1. The Balaban J connectivity index is 1.15. The number of benzene rings is 5. The molecule has 11 bridgehead atoms. The fourth-order valence-electron chi connectivity index (χ4n) is 16.3. The van der Waals surface area contributed by atoms with Crippen LogP contribution in [-0.4, -0.2) is 265 Å². The van der Waals surface area contributed by atoms with Gasteiger partial charge in [-0.2, -0.15) is 0 Å². The van der Waals surface area contributed by atoms with Crippen molar-refractivity contribution in [3.8, 4) is 57.1 Å². The molecule has 2 saturated heterocycles. The molecule has 12 rings (SSSR count). The maximum Gasteiger partial charge on any atom is 0.360 e. The number of aldehydes is 1. The van der Waals surface area contributed by atoms with E-state index in [0.717, 1.165) is 123 Å². The normalized spacial score (nSPS) is 25.2. The smallest absolute Gasteiger partial charge is 0.360 e. The first-order chi connectivity index (χ1) is 63.7. The standard InChI is InChI=1S/C86H114Cl2N12O33P2/c1-7-8-9-10-11-12-13-14-23-90-24-25-92-86(5)36-62(128-40(4)76(86)113)132-75-73(112)72(111)58(38-102)131-84(75)133-74-56-32-44-33-57(74)130-55-20-17-43(31-49(55)88)70(109)68-82(119)97-66(83(120)121)46-34-53(104)47(37-91-26-27-101)71(110)63(46)45-29-41(15-18-52(45)103)64(79(116)99-68)96-80(117)65(44)95-77(114)50(35-59(89)105)93-81(118)67(69(108)42-16-19-54(129-56)48(87)30-42)98-78(115)51(28-39(2)3)100(6)61(107)22-21-60(106)94-85(134(122,123)124)135(125,126)127/h15-20,27,29-34,39-40,50-51,58,62,64-70,72-73,75-76,84-85,90-92,102-104,108-113H,7-14,21-26,28,35-38H2,1-6H3,(H2,89,105)(H,93,118)(H,94,106)(H,95,114)(H,96,117)(H,97,119)(H,98,115)(H,99,116)(H,120,121)(H2,122,123,124)(H2,125,126,127). The third kappa shape index (κ3) is 26.5. The zero-order chi connectivity index (χ0) is 99.2. The molecule has 26 N–H and O–H groups in total. The van der Waals surface area contributed by atoms with Gasteiger partial charge >= 0.3 is 21.2 Å². The molecule has 7 heterocycles. The van der Waals surface area contributed by atoms with Crippen molar-refractivity contribution in [2.45, 2.75) is 239 Å². The number of unbranched alkanes of at least 4 members (excludes halogenated alkanes) is 7. The molecular weight excluding hydrogens is 1860 g/mol. The van der Waals surface area contributed by atoms with Crippen molar-refractivity contribution in [3.05, 3.63) is 116 Å². The van der Waals surface area contributed by atoms with Gasteiger partial charge in [0.15, 0.2) is 29.9 Å². The summed E-state index contributed by atoms with van der Waals surface area (Å²) in [4.78, 5) is 199. The SMILES string of the molecule is CCCCCCCCCCNCCNC1(C)CC(OC2C(Oc3c4cc5cc3Oc3ccc(cc3Cl)C(O)C(NC(=O)C(CC(C)C)N(C)C(=O)CCC(=O)NC(P(=O)(O)O)P(=O)(O)O)C(=O)NC(CC(N)=O)C(=O)NC5C(=O)NC3C(=O)NC(C(=O)NC(C(=O)O)c5cc(O)c(CNCC=O)c(O)c5-c5cc3ccc5O)C(O)c3ccc(c(Cl)c3)O4)OC(CO)C(O)C2O)OC(C)C1O. The number of amides is 9. The number of likely N-dealkylation sites (N-methyl/N-ethyl adjacent to an activating group) is 1. The number of hydrogen-bond donors (Lipinski definition) is 25. The number of aromatic hydroxyl groups is 3. The maximum atomic E-state index is 16.5. The molecule has 0 spiro atoms. The van der Waals surface area contributed by atoms with Crippen LogP contribution in [0.1, 0.15) is 182 Å². The Labute approximate surface area is 783 Å². The molecule has 5 aromatic rings. The third-order valence-corrected chi connectivity index (χ3v) is 27.5. The number of aliphatic hydroxyl groups is 6. The lowest BCUT2D eigenvalue weighted by atomic mass is 9.85. The van der Waals surface area contributed by atoms with E-state index in [1.807, 2.05) is 0 Å². The Hall–Kier alpha value is -10.3. The van der Waals surface area contributed by atoms with Gasteiger partial charge in [0, 0.05) is 68.2 Å². The Morgan fingerprint density at radius 1 is 0.689 bits per heavy atom. The monoisotopic (exact) mass is 1970 g/mol. The van der Waals surface area contributed by atoms with Crippen LogP contribution in [0, 0.1) is 5.92 Å². The second-order valence-corrected chi connectivity index (χ2v) is 38.7. The number of nitrogens with two attached hydrogens (primary N) is 1. The largest absolute Gasteiger partial charge is 0.507 e. The lowest BCUT2D eigenvalue weighted by Crippen LogP contribution is -2.65. The number of primary amides is 1. The lowest BCUT2D eigenvalue weighted by Gasteiger charge is -2.48. The van der Waals surface area contributed by atoms with E-state index < -0.39 is 317 Å². The first kappa shape index (κ1) is 107. The van der Waals surface area contributed by atoms with Crippen LogP contribution in [0.5, 0.6) is 46.0 Å². The first-order valence-corrected chi connectivity index (χ1v) is 47.6. The van der Waals surface area contributed by atoms with Crippen LogP contribution in [-0.2, 0) is 82.6 Å².